The van der Waals surface area contributed by atoms with Crippen LogP contribution in [0.3, 0.4) is 0 Å². The summed E-state index contributed by atoms with van der Waals surface area (Å²) in [6.07, 6.45) is 11.9. The van der Waals surface area contributed by atoms with Gasteiger partial charge in [0.1, 0.15) is 0 Å². The zero-order valence-corrected chi connectivity index (χ0v) is 37.2. The Bertz CT molecular complexity index is 3260. The number of fused-ring (bicyclic) bond motifs is 10. The van der Waals surface area contributed by atoms with Gasteiger partial charge in [-0.05, 0) is 159 Å². The Hall–Kier alpha value is -6.08. The first-order valence-corrected chi connectivity index (χ1v) is 26.8. The van der Waals surface area contributed by atoms with E-state index in [1.54, 1.807) is 0 Å². The highest BCUT2D eigenvalue weighted by Crippen LogP contribution is 2.50. The van der Waals surface area contributed by atoms with E-state index in [-0.39, 0.29) is 6.71 Å². The van der Waals surface area contributed by atoms with Crippen LogP contribution in [0, 0.1) is 0 Å². The lowest BCUT2D eigenvalue weighted by Gasteiger charge is -2.34. The van der Waals surface area contributed by atoms with E-state index < -0.39 is 20.1 Å². The Morgan fingerprint density at radius 3 is 1.38 bits per heavy atom. The van der Waals surface area contributed by atoms with Crippen LogP contribution in [0.5, 0.6) is 0 Å². The van der Waals surface area contributed by atoms with Crippen molar-refractivity contribution in [3.8, 4) is 22.5 Å². The Morgan fingerprint density at radius 2 is 0.902 bits per heavy atom. The van der Waals surface area contributed by atoms with Crippen molar-refractivity contribution in [1.29, 1.82) is 0 Å². The molecule has 0 atom stereocenters. The molecule has 298 valence electrons. The van der Waals surface area contributed by atoms with E-state index in [1.165, 1.54) is 109 Å². The third-order valence-electron chi connectivity index (χ3n) is 13.7. The lowest BCUT2D eigenvalue weighted by Crippen LogP contribution is -2.59. The van der Waals surface area contributed by atoms with Crippen LogP contribution in [0.4, 0.5) is 17.1 Å². The Kier molecular flexibility index (Phi) is 7.96. The maximum Gasteiger partial charge on any atom is 0.252 e. The van der Waals surface area contributed by atoms with Crippen molar-refractivity contribution in [2.45, 2.75) is 16.7 Å². The number of rotatable bonds is 7. The molecule has 2 aliphatic heterocycles. The predicted molar refractivity (Wildman–Crippen MR) is 272 cm³/mol. The van der Waals surface area contributed by atoms with E-state index in [0.29, 0.717) is 0 Å². The first-order chi connectivity index (χ1) is 29.6. The molecule has 6 heteroatoms. The third-order valence-corrected chi connectivity index (χ3v) is 18.4. The fraction of sp³-hybridized carbons (Fsp3) is 0.127. The molecule has 0 saturated carbocycles. The van der Waals surface area contributed by atoms with Crippen molar-refractivity contribution in [3.05, 3.63) is 170 Å². The Labute approximate surface area is 362 Å². The third kappa shape index (κ3) is 5.35. The van der Waals surface area contributed by atoms with E-state index in [2.05, 4.69) is 222 Å². The lowest BCUT2D eigenvalue weighted by atomic mass is 9.34. The van der Waals surface area contributed by atoms with Crippen LogP contribution in [-0.2, 0) is 0 Å². The molecule has 12 rings (SSSR count). The second-order valence-corrected chi connectivity index (χ2v) is 26.4. The molecule has 3 nitrogen and oxygen atoms in total. The van der Waals surface area contributed by atoms with Crippen LogP contribution in [0.15, 0.2) is 180 Å². The maximum absolute atomic E-state index is 2.57. The van der Waals surface area contributed by atoms with Gasteiger partial charge in [-0.1, -0.05) is 91.9 Å². The summed E-state index contributed by atoms with van der Waals surface area (Å²) in [5, 5.41) is 5.24. The fourth-order valence-corrected chi connectivity index (χ4v) is 12.5. The van der Waals surface area contributed by atoms with Gasteiger partial charge in [0.25, 0.3) is 6.71 Å². The number of benzene rings is 8. The number of hydrogen-bond acceptors (Lipinski definition) is 1. The molecule has 0 fully saturated rings. The van der Waals surface area contributed by atoms with Gasteiger partial charge in [0.05, 0.1) is 11.0 Å². The van der Waals surface area contributed by atoms with Gasteiger partial charge in [0, 0.05) is 61.0 Å². The molecule has 10 aromatic rings. The second kappa shape index (κ2) is 13.2. The van der Waals surface area contributed by atoms with Crippen molar-refractivity contribution >= 4 is 104 Å². The Morgan fingerprint density at radius 1 is 0.459 bits per heavy atom. The van der Waals surface area contributed by atoms with E-state index in [0.717, 1.165) is 5.69 Å². The summed E-state index contributed by atoms with van der Waals surface area (Å²) < 4.78 is 5.14. The number of hydrogen-bond donors (Lipinski definition) is 0. The minimum Gasteiger partial charge on any atom is -0.311 e. The molecular formula is C55H48BN3S2. The minimum atomic E-state index is -0.842. The predicted octanol–water partition coefficient (Wildman–Crippen LogP) is 12.7. The molecule has 0 bridgehead atoms. The largest absolute Gasteiger partial charge is 0.311 e. The molecule has 2 aliphatic rings. The van der Waals surface area contributed by atoms with E-state index in [1.807, 2.05) is 0 Å². The number of aromatic nitrogens is 2. The van der Waals surface area contributed by atoms with Gasteiger partial charge in [-0.25, -0.2) is 20.1 Å². The Balaban J connectivity index is 1.07. The molecule has 0 aliphatic carbocycles. The number of nitrogens with zero attached hydrogens (tertiary/aromatic N) is 3. The SMILES string of the molecule is CCS(C)(C)c1ccc(N(c2ccc(-c3cc4c5c(c3)-n3c6ccccc6c6cccc(c63)B5c3cccc5c6ccccc6n-4c35)cc2)c2ccc(S(C)(C)C)cc2)cc1. The first kappa shape index (κ1) is 36.7. The summed E-state index contributed by atoms with van der Waals surface area (Å²) in [4.78, 5) is 5.29. The zero-order valence-electron chi connectivity index (χ0n) is 35.6. The summed E-state index contributed by atoms with van der Waals surface area (Å²) in [5.74, 6) is 1.18. The van der Waals surface area contributed by atoms with Crippen molar-refractivity contribution in [2.24, 2.45) is 0 Å². The fourth-order valence-electron chi connectivity index (χ4n) is 10.4. The van der Waals surface area contributed by atoms with Gasteiger partial charge in [-0.15, -0.1) is 0 Å². The molecule has 61 heavy (non-hydrogen) atoms. The van der Waals surface area contributed by atoms with Crippen LogP contribution >= 0.6 is 20.1 Å². The molecule has 2 aromatic heterocycles. The molecule has 0 radical (unpaired) electrons. The highest BCUT2D eigenvalue weighted by atomic mass is 32.3. The molecular weight excluding hydrogens is 778 g/mol. The van der Waals surface area contributed by atoms with E-state index >= 15 is 0 Å². The van der Waals surface area contributed by atoms with Crippen molar-refractivity contribution in [2.75, 3.05) is 41.9 Å². The van der Waals surface area contributed by atoms with Crippen molar-refractivity contribution in [3.63, 3.8) is 0 Å². The van der Waals surface area contributed by atoms with Gasteiger partial charge in [-0.3, -0.25) is 0 Å². The van der Waals surface area contributed by atoms with Gasteiger partial charge in [0.15, 0.2) is 0 Å². The molecule has 0 amide bonds. The minimum absolute atomic E-state index is 0.123. The maximum atomic E-state index is 2.57. The summed E-state index contributed by atoms with van der Waals surface area (Å²) in [6, 6.07) is 64.7. The molecule has 4 heterocycles. The number of para-hydroxylation sites is 4. The van der Waals surface area contributed by atoms with Crippen LogP contribution in [0.2, 0.25) is 0 Å². The summed E-state index contributed by atoms with van der Waals surface area (Å²) in [7, 11) is -1.68. The van der Waals surface area contributed by atoms with Gasteiger partial charge < -0.3 is 14.0 Å². The quantitative estimate of drug-likeness (QED) is 0.146. The van der Waals surface area contributed by atoms with E-state index in [4.69, 9.17) is 0 Å². The normalized spacial score (nSPS) is 13.6. The molecule has 0 saturated heterocycles. The van der Waals surface area contributed by atoms with Gasteiger partial charge in [-0.2, -0.15) is 0 Å². The monoisotopic (exact) mass is 825 g/mol. The highest BCUT2D eigenvalue weighted by molar-refractivity contribution is 8.32. The van der Waals surface area contributed by atoms with Crippen LogP contribution in [0.1, 0.15) is 6.92 Å². The molecule has 0 spiro atoms. The smallest absolute Gasteiger partial charge is 0.252 e. The van der Waals surface area contributed by atoms with Gasteiger partial charge in [0.2, 0.25) is 0 Å². The molecule has 0 N–H and O–H groups in total. The average molecular weight is 826 g/mol. The molecule has 8 aromatic carbocycles. The first-order valence-electron chi connectivity index (χ1n) is 21.3. The van der Waals surface area contributed by atoms with E-state index in [9.17, 15) is 0 Å². The number of anilines is 3. The average Bonchev–Trinajstić information content (AvgIpc) is 3.81. The van der Waals surface area contributed by atoms with Crippen LogP contribution in [0.25, 0.3) is 66.1 Å². The van der Waals surface area contributed by atoms with Gasteiger partial charge >= 0.3 is 0 Å². The van der Waals surface area contributed by atoms with Crippen molar-refractivity contribution in [1.82, 2.24) is 9.13 Å². The standard InChI is InChI=1S/C55H48BN3S2/c1-7-61(5,6)42-32-28-40(29-33-42)57(39-26-30-41(31-27-39)60(2,3)4)38-24-22-36(23-25-38)37-34-51-53-52(35-37)59-50-21-11-9-15-44(50)46-17-13-19-48(55(46)59)56(53)47-18-12-16-45-43-14-8-10-20-49(43)58(51)54(45)47/h8-35H,7H2,1-6H3. The zero-order chi connectivity index (χ0) is 41.4. The van der Waals surface area contributed by atoms with Crippen LogP contribution in [-0.4, -0.2) is 52.9 Å². The topological polar surface area (TPSA) is 13.1 Å². The summed E-state index contributed by atoms with van der Waals surface area (Å²) in [5.41, 5.74) is 17.8. The summed E-state index contributed by atoms with van der Waals surface area (Å²) >= 11 is 0. The van der Waals surface area contributed by atoms with Crippen LogP contribution < -0.4 is 21.3 Å². The molecule has 0 unspecified atom stereocenters. The summed E-state index contributed by atoms with van der Waals surface area (Å²) in [6.45, 7) is 2.43. The van der Waals surface area contributed by atoms with Crippen molar-refractivity contribution < 1.29 is 0 Å². The second-order valence-electron chi connectivity index (χ2n) is 18.1. The highest BCUT2D eigenvalue weighted by Gasteiger charge is 2.41. The lowest BCUT2D eigenvalue weighted by molar-refractivity contribution is 1.14.